The molecule has 0 amide bonds. The van der Waals surface area contributed by atoms with Crippen molar-refractivity contribution >= 4 is 17.2 Å². The van der Waals surface area contributed by atoms with E-state index >= 15 is 0 Å². The zero-order valence-electron chi connectivity index (χ0n) is 6.10. The molecule has 0 spiro atoms. The average molecular weight is 155 g/mol. The fourth-order valence-corrected chi connectivity index (χ4v) is 1.58. The van der Waals surface area contributed by atoms with Crippen LogP contribution in [0.15, 0.2) is 12.7 Å². The van der Waals surface area contributed by atoms with Gasteiger partial charge in [-0.25, -0.2) is 0 Å². The van der Waals surface area contributed by atoms with Gasteiger partial charge in [-0.1, -0.05) is 18.3 Å². The summed E-state index contributed by atoms with van der Waals surface area (Å²) in [4.78, 5) is 1.03. The Morgan fingerprint density at radius 1 is 1.80 bits per heavy atom. The van der Waals surface area contributed by atoms with Gasteiger partial charge in [-0.05, 0) is 19.3 Å². The number of hydrogen-bond acceptors (Lipinski definition) is 1. The summed E-state index contributed by atoms with van der Waals surface area (Å²) in [6.07, 6.45) is 5.46. The molecule has 1 N–H and O–H groups in total. The van der Waals surface area contributed by atoms with Crippen molar-refractivity contribution in [2.75, 3.05) is 6.54 Å². The third kappa shape index (κ3) is 1.81. The van der Waals surface area contributed by atoms with E-state index in [0.717, 1.165) is 18.0 Å². The van der Waals surface area contributed by atoms with Gasteiger partial charge >= 0.3 is 0 Å². The van der Waals surface area contributed by atoms with Crippen LogP contribution in [0.4, 0.5) is 0 Å². The highest BCUT2D eigenvalue weighted by Gasteiger charge is 2.15. The van der Waals surface area contributed by atoms with Crippen LogP contribution in [0.2, 0.25) is 0 Å². The Morgan fingerprint density at radius 3 is 3.20 bits per heavy atom. The maximum absolute atomic E-state index is 5.13. The molecule has 1 nitrogen and oxygen atoms in total. The molecule has 0 aliphatic carbocycles. The van der Waals surface area contributed by atoms with Crippen molar-refractivity contribution in [1.82, 2.24) is 5.32 Å². The zero-order chi connectivity index (χ0) is 7.40. The summed E-state index contributed by atoms with van der Waals surface area (Å²) in [5, 5.41) is 3.20. The summed E-state index contributed by atoms with van der Waals surface area (Å²) in [6, 6.07) is 0. The van der Waals surface area contributed by atoms with Gasteiger partial charge in [0.25, 0.3) is 0 Å². The predicted octanol–water partition coefficient (Wildman–Crippen LogP) is 1.89. The summed E-state index contributed by atoms with van der Waals surface area (Å²) < 4.78 is 0. The van der Waals surface area contributed by atoms with Crippen LogP contribution in [0.5, 0.6) is 0 Å². The van der Waals surface area contributed by atoms with Crippen molar-refractivity contribution < 1.29 is 0 Å². The first-order valence-corrected chi connectivity index (χ1v) is 4.14. The summed E-state index contributed by atoms with van der Waals surface area (Å²) in [5.74, 6) is 0.571. The fraction of sp³-hybridized carbons (Fsp3) is 0.625. The van der Waals surface area contributed by atoms with Gasteiger partial charge in [-0.3, -0.25) is 0 Å². The number of rotatable bonds is 2. The Kier molecular flexibility index (Phi) is 2.87. The second kappa shape index (κ2) is 3.71. The normalized spacial score (nSPS) is 25.6. The van der Waals surface area contributed by atoms with Crippen LogP contribution >= 0.6 is 12.2 Å². The zero-order valence-corrected chi connectivity index (χ0v) is 6.91. The number of hydrogen-bond donors (Lipinski definition) is 1. The summed E-state index contributed by atoms with van der Waals surface area (Å²) >= 11 is 5.13. The van der Waals surface area contributed by atoms with Crippen LogP contribution in [0.1, 0.15) is 19.3 Å². The van der Waals surface area contributed by atoms with E-state index in [1.807, 2.05) is 6.08 Å². The highest BCUT2D eigenvalue weighted by atomic mass is 32.1. The Bertz CT molecular complexity index is 142. The first-order chi connectivity index (χ1) is 4.84. The molecule has 1 atom stereocenters. The van der Waals surface area contributed by atoms with Gasteiger partial charge in [0.2, 0.25) is 0 Å². The molecule has 1 heterocycles. The number of piperidine rings is 1. The van der Waals surface area contributed by atoms with Crippen LogP contribution in [-0.2, 0) is 0 Å². The van der Waals surface area contributed by atoms with Gasteiger partial charge in [0, 0.05) is 12.5 Å². The van der Waals surface area contributed by atoms with Crippen molar-refractivity contribution in [1.29, 1.82) is 0 Å². The minimum absolute atomic E-state index is 0.571. The standard InChI is InChI=1S/C8H13NS/c1-2-4-7-5-3-6-9-8(7)10/h2,7H,1,3-6H2,(H,9,10). The van der Waals surface area contributed by atoms with Crippen molar-refractivity contribution in [3.05, 3.63) is 12.7 Å². The number of allylic oxidation sites excluding steroid dienone is 1. The Morgan fingerprint density at radius 2 is 2.60 bits per heavy atom. The summed E-state index contributed by atoms with van der Waals surface area (Å²) in [6.45, 7) is 4.76. The smallest absolute Gasteiger partial charge is 0.0787 e. The topological polar surface area (TPSA) is 12.0 Å². The monoisotopic (exact) mass is 155 g/mol. The highest BCUT2D eigenvalue weighted by Crippen LogP contribution is 2.16. The maximum Gasteiger partial charge on any atom is 0.0787 e. The molecule has 1 saturated heterocycles. The lowest BCUT2D eigenvalue weighted by Crippen LogP contribution is -2.34. The third-order valence-electron chi connectivity index (χ3n) is 1.85. The van der Waals surface area contributed by atoms with Crippen LogP contribution in [0.3, 0.4) is 0 Å². The Hall–Kier alpha value is -0.370. The summed E-state index contributed by atoms with van der Waals surface area (Å²) in [7, 11) is 0. The lowest BCUT2D eigenvalue weighted by atomic mass is 9.96. The SMILES string of the molecule is C=CCC1CCCNC1=S. The van der Waals surface area contributed by atoms with E-state index in [0.29, 0.717) is 5.92 Å². The van der Waals surface area contributed by atoms with Crippen molar-refractivity contribution in [3.63, 3.8) is 0 Å². The minimum atomic E-state index is 0.571. The van der Waals surface area contributed by atoms with Crippen molar-refractivity contribution in [2.45, 2.75) is 19.3 Å². The first-order valence-electron chi connectivity index (χ1n) is 3.73. The molecule has 0 bridgehead atoms. The van der Waals surface area contributed by atoms with E-state index in [-0.39, 0.29) is 0 Å². The van der Waals surface area contributed by atoms with E-state index < -0.39 is 0 Å². The van der Waals surface area contributed by atoms with Crippen LogP contribution < -0.4 is 5.32 Å². The van der Waals surface area contributed by atoms with E-state index in [1.165, 1.54) is 12.8 Å². The number of nitrogens with one attached hydrogen (secondary N) is 1. The highest BCUT2D eigenvalue weighted by molar-refractivity contribution is 7.80. The molecule has 2 heteroatoms. The van der Waals surface area contributed by atoms with Gasteiger partial charge in [-0.15, -0.1) is 6.58 Å². The van der Waals surface area contributed by atoms with Crippen molar-refractivity contribution in [3.8, 4) is 0 Å². The molecule has 10 heavy (non-hydrogen) atoms. The second-order valence-electron chi connectivity index (χ2n) is 2.65. The van der Waals surface area contributed by atoms with E-state index in [1.54, 1.807) is 0 Å². The van der Waals surface area contributed by atoms with Gasteiger partial charge < -0.3 is 5.32 Å². The molecule has 0 aromatic rings. The molecule has 0 radical (unpaired) electrons. The Balaban J connectivity index is 2.39. The van der Waals surface area contributed by atoms with Gasteiger partial charge in [-0.2, -0.15) is 0 Å². The molecule has 1 aliphatic rings. The lowest BCUT2D eigenvalue weighted by Gasteiger charge is -2.22. The first kappa shape index (κ1) is 7.73. The lowest BCUT2D eigenvalue weighted by molar-refractivity contribution is 0.540. The maximum atomic E-state index is 5.13. The largest absolute Gasteiger partial charge is 0.379 e. The molecule has 1 fully saturated rings. The van der Waals surface area contributed by atoms with Crippen LogP contribution in [0, 0.1) is 5.92 Å². The van der Waals surface area contributed by atoms with Gasteiger partial charge in [0.05, 0.1) is 4.99 Å². The van der Waals surface area contributed by atoms with E-state index in [4.69, 9.17) is 12.2 Å². The van der Waals surface area contributed by atoms with E-state index in [2.05, 4.69) is 11.9 Å². The number of thiocarbonyl (C=S) groups is 1. The van der Waals surface area contributed by atoms with Crippen molar-refractivity contribution in [2.24, 2.45) is 5.92 Å². The van der Waals surface area contributed by atoms with Gasteiger partial charge in [0.15, 0.2) is 0 Å². The molecule has 1 rings (SSSR count). The third-order valence-corrected chi connectivity index (χ3v) is 2.33. The van der Waals surface area contributed by atoms with Crippen LogP contribution in [-0.4, -0.2) is 11.5 Å². The Labute approximate surface area is 67.5 Å². The molecule has 0 saturated carbocycles. The minimum Gasteiger partial charge on any atom is -0.379 e. The second-order valence-corrected chi connectivity index (χ2v) is 3.09. The molecule has 0 aromatic heterocycles. The van der Waals surface area contributed by atoms with Gasteiger partial charge in [0.1, 0.15) is 0 Å². The average Bonchev–Trinajstić information content (AvgIpc) is 1.94. The van der Waals surface area contributed by atoms with Crippen LogP contribution in [0.25, 0.3) is 0 Å². The summed E-state index contributed by atoms with van der Waals surface area (Å²) in [5.41, 5.74) is 0. The fourth-order valence-electron chi connectivity index (χ4n) is 1.26. The molecule has 1 aliphatic heterocycles. The van der Waals surface area contributed by atoms with E-state index in [9.17, 15) is 0 Å². The molecule has 0 aromatic carbocycles. The molecular formula is C8H13NS. The quantitative estimate of drug-likeness (QED) is 0.483. The molecular weight excluding hydrogens is 142 g/mol. The molecule has 56 valence electrons. The molecule has 1 unspecified atom stereocenters. The predicted molar refractivity (Wildman–Crippen MR) is 48.1 cm³/mol.